The van der Waals surface area contributed by atoms with E-state index in [9.17, 15) is 17.6 Å². The summed E-state index contributed by atoms with van der Waals surface area (Å²) in [7, 11) is -3.57. The molecule has 0 unspecified atom stereocenters. The van der Waals surface area contributed by atoms with E-state index < -0.39 is 26.3 Å². The van der Waals surface area contributed by atoms with Crippen LogP contribution in [0.5, 0.6) is 0 Å². The van der Waals surface area contributed by atoms with Gasteiger partial charge in [0.05, 0.1) is 6.20 Å². The number of pyridine rings is 1. The van der Waals surface area contributed by atoms with Crippen molar-refractivity contribution < 1.29 is 17.6 Å². The van der Waals surface area contributed by atoms with E-state index in [1.54, 1.807) is 0 Å². The number of nitrogens with one attached hydrogen (secondary N) is 2. The van der Waals surface area contributed by atoms with Crippen molar-refractivity contribution in [2.24, 2.45) is 0 Å². The molecule has 0 aromatic carbocycles. The first kappa shape index (κ1) is 14.9. The van der Waals surface area contributed by atoms with Crippen LogP contribution in [0.3, 0.4) is 0 Å². The number of amides is 1. The van der Waals surface area contributed by atoms with Gasteiger partial charge in [0.15, 0.2) is 14.6 Å². The average molecular weight is 301 g/mol. The lowest BCUT2D eigenvalue weighted by Crippen LogP contribution is -2.55. The van der Waals surface area contributed by atoms with Crippen LogP contribution in [0.1, 0.15) is 12.8 Å². The molecular weight excluding hydrogens is 285 g/mol. The zero-order valence-corrected chi connectivity index (χ0v) is 11.8. The van der Waals surface area contributed by atoms with Crippen molar-refractivity contribution in [1.82, 2.24) is 10.3 Å². The van der Waals surface area contributed by atoms with Crippen molar-refractivity contribution in [3.8, 4) is 0 Å². The molecule has 1 aromatic rings. The van der Waals surface area contributed by atoms with Crippen LogP contribution in [0.25, 0.3) is 0 Å². The Hall–Kier alpha value is -1.54. The lowest BCUT2D eigenvalue weighted by molar-refractivity contribution is -0.119. The first-order chi connectivity index (χ1) is 9.35. The maximum absolute atomic E-state index is 12.8. The van der Waals surface area contributed by atoms with Crippen LogP contribution in [-0.2, 0) is 14.6 Å². The summed E-state index contributed by atoms with van der Waals surface area (Å²) >= 11 is 0. The van der Waals surface area contributed by atoms with Crippen LogP contribution in [0.15, 0.2) is 18.3 Å². The van der Waals surface area contributed by atoms with Crippen LogP contribution < -0.4 is 10.6 Å². The molecule has 0 aliphatic carbocycles. The number of anilines is 1. The van der Waals surface area contributed by atoms with Crippen LogP contribution in [0, 0.1) is 5.82 Å². The van der Waals surface area contributed by atoms with Gasteiger partial charge in [0.25, 0.3) is 0 Å². The molecule has 1 amide bonds. The second kappa shape index (κ2) is 5.45. The normalized spacial score (nSPS) is 18.5. The van der Waals surface area contributed by atoms with Gasteiger partial charge in [-0.1, -0.05) is 0 Å². The fourth-order valence-electron chi connectivity index (χ4n) is 2.28. The van der Waals surface area contributed by atoms with Gasteiger partial charge in [0.2, 0.25) is 5.91 Å². The van der Waals surface area contributed by atoms with Gasteiger partial charge in [-0.05, 0) is 38.1 Å². The maximum atomic E-state index is 12.8. The zero-order chi connectivity index (χ0) is 14.8. The standard InChI is InChI=1S/C12H16FN3O3S/c1-20(18,19)12(4-6-14-7-5-12)11(17)16-10-3-2-9(13)8-15-10/h2-3,8,14H,4-7H2,1H3,(H,15,16,17). The summed E-state index contributed by atoms with van der Waals surface area (Å²) in [6, 6.07) is 2.45. The topological polar surface area (TPSA) is 88.2 Å². The maximum Gasteiger partial charge on any atom is 0.247 e. The number of rotatable bonds is 3. The summed E-state index contributed by atoms with van der Waals surface area (Å²) in [5, 5.41) is 5.49. The van der Waals surface area contributed by atoms with Gasteiger partial charge in [-0.2, -0.15) is 0 Å². The molecule has 110 valence electrons. The van der Waals surface area contributed by atoms with Crippen LogP contribution in [0.2, 0.25) is 0 Å². The number of hydrogen-bond acceptors (Lipinski definition) is 5. The minimum atomic E-state index is -3.57. The quantitative estimate of drug-likeness (QED) is 0.840. The second-order valence-corrected chi connectivity index (χ2v) is 7.16. The number of sulfone groups is 1. The Bertz CT molecular complexity index is 595. The summed E-state index contributed by atoms with van der Waals surface area (Å²) in [6.07, 6.45) is 2.44. The van der Waals surface area contributed by atoms with Gasteiger partial charge >= 0.3 is 0 Å². The van der Waals surface area contributed by atoms with Crippen molar-refractivity contribution in [3.63, 3.8) is 0 Å². The van der Waals surface area contributed by atoms with E-state index in [1.807, 2.05) is 0 Å². The van der Waals surface area contributed by atoms with E-state index in [2.05, 4.69) is 15.6 Å². The third-order valence-corrected chi connectivity index (χ3v) is 5.52. The highest BCUT2D eigenvalue weighted by molar-refractivity contribution is 7.92. The van der Waals surface area contributed by atoms with Crippen molar-refractivity contribution in [2.45, 2.75) is 17.6 Å². The van der Waals surface area contributed by atoms with Gasteiger partial charge in [-0.3, -0.25) is 4.79 Å². The van der Waals surface area contributed by atoms with E-state index in [0.717, 1.165) is 18.5 Å². The van der Waals surface area contributed by atoms with Crippen molar-refractivity contribution in [3.05, 3.63) is 24.1 Å². The monoisotopic (exact) mass is 301 g/mol. The zero-order valence-electron chi connectivity index (χ0n) is 11.0. The summed E-state index contributed by atoms with van der Waals surface area (Å²) in [5.41, 5.74) is 0. The largest absolute Gasteiger partial charge is 0.317 e. The van der Waals surface area contributed by atoms with Gasteiger partial charge in [-0.25, -0.2) is 17.8 Å². The van der Waals surface area contributed by atoms with E-state index in [4.69, 9.17) is 0 Å². The Morgan fingerprint density at radius 1 is 1.40 bits per heavy atom. The number of nitrogens with zero attached hydrogens (tertiary/aromatic N) is 1. The van der Waals surface area contributed by atoms with Gasteiger partial charge < -0.3 is 10.6 Å². The van der Waals surface area contributed by atoms with Crippen LogP contribution in [-0.4, -0.2) is 43.4 Å². The number of piperidine rings is 1. The van der Waals surface area contributed by atoms with Crippen LogP contribution in [0.4, 0.5) is 10.2 Å². The molecule has 0 bridgehead atoms. The molecular formula is C12H16FN3O3S. The van der Waals surface area contributed by atoms with Gasteiger partial charge in [0, 0.05) is 6.26 Å². The molecule has 2 heterocycles. The average Bonchev–Trinajstić information content (AvgIpc) is 2.41. The van der Waals surface area contributed by atoms with E-state index in [1.165, 1.54) is 6.07 Å². The molecule has 1 fully saturated rings. The van der Waals surface area contributed by atoms with Crippen molar-refractivity contribution in [1.29, 1.82) is 0 Å². The smallest absolute Gasteiger partial charge is 0.247 e. The Morgan fingerprint density at radius 3 is 2.55 bits per heavy atom. The van der Waals surface area contributed by atoms with Gasteiger partial charge in [0.1, 0.15) is 11.6 Å². The summed E-state index contributed by atoms with van der Waals surface area (Å²) in [4.78, 5) is 16.1. The number of carbonyl (C=O) groups is 1. The van der Waals surface area contributed by atoms with E-state index >= 15 is 0 Å². The van der Waals surface area contributed by atoms with E-state index in [-0.39, 0.29) is 18.7 Å². The molecule has 1 aliphatic rings. The van der Waals surface area contributed by atoms with Crippen molar-refractivity contribution >= 4 is 21.6 Å². The molecule has 1 aliphatic heterocycles. The Morgan fingerprint density at radius 2 is 2.05 bits per heavy atom. The SMILES string of the molecule is CS(=O)(=O)C1(C(=O)Nc2ccc(F)cn2)CCNCC1. The minimum Gasteiger partial charge on any atom is -0.317 e. The highest BCUT2D eigenvalue weighted by Gasteiger charge is 2.48. The van der Waals surface area contributed by atoms with E-state index in [0.29, 0.717) is 13.1 Å². The predicted molar refractivity (Wildman–Crippen MR) is 72.5 cm³/mol. The minimum absolute atomic E-state index is 0.137. The molecule has 1 saturated heterocycles. The number of carbonyl (C=O) groups excluding carboxylic acids is 1. The molecule has 2 N–H and O–H groups in total. The molecule has 0 atom stereocenters. The first-order valence-corrected chi connectivity index (χ1v) is 8.08. The third kappa shape index (κ3) is 2.80. The molecule has 0 radical (unpaired) electrons. The summed E-state index contributed by atoms with van der Waals surface area (Å²) in [5.74, 6) is -0.999. The molecule has 2 rings (SSSR count). The first-order valence-electron chi connectivity index (χ1n) is 6.18. The number of aromatic nitrogens is 1. The fraction of sp³-hybridized carbons (Fsp3) is 0.500. The Kier molecular flexibility index (Phi) is 4.05. The Balaban J connectivity index is 2.26. The molecule has 6 nitrogen and oxygen atoms in total. The van der Waals surface area contributed by atoms with Crippen molar-refractivity contribution in [2.75, 3.05) is 24.7 Å². The van der Waals surface area contributed by atoms with Crippen LogP contribution >= 0.6 is 0 Å². The summed E-state index contributed by atoms with van der Waals surface area (Å²) in [6.45, 7) is 0.911. The lowest BCUT2D eigenvalue weighted by atomic mass is 9.96. The number of halogens is 1. The third-order valence-electron chi connectivity index (χ3n) is 3.50. The highest BCUT2D eigenvalue weighted by atomic mass is 32.2. The predicted octanol–water partition coefficient (Wildman–Crippen LogP) is 0.326. The number of hydrogen-bond donors (Lipinski definition) is 2. The summed E-state index contributed by atoms with van der Waals surface area (Å²) < 4.78 is 35.4. The molecule has 0 spiro atoms. The molecule has 0 saturated carbocycles. The highest BCUT2D eigenvalue weighted by Crippen LogP contribution is 2.29. The van der Waals surface area contributed by atoms with Gasteiger partial charge in [-0.15, -0.1) is 0 Å². The molecule has 8 heteroatoms. The lowest BCUT2D eigenvalue weighted by Gasteiger charge is -2.34. The second-order valence-electron chi connectivity index (χ2n) is 4.83. The molecule has 1 aromatic heterocycles. The molecule has 20 heavy (non-hydrogen) atoms. The Labute approximate surface area is 116 Å². The fourth-order valence-corrected chi connectivity index (χ4v) is 3.61.